The van der Waals surface area contributed by atoms with Crippen LogP contribution in [0.1, 0.15) is 65.2 Å². The molecule has 1 heterocycles. The van der Waals surface area contributed by atoms with Crippen molar-refractivity contribution in [3.8, 4) is 0 Å². The van der Waals surface area contributed by atoms with Crippen LogP contribution in [0.4, 0.5) is 0 Å². The van der Waals surface area contributed by atoms with E-state index in [-0.39, 0.29) is 0 Å². The van der Waals surface area contributed by atoms with E-state index in [2.05, 4.69) is 37.5 Å². The van der Waals surface area contributed by atoms with Gasteiger partial charge < -0.3 is 15.1 Å². The van der Waals surface area contributed by atoms with Crippen LogP contribution in [0, 0.1) is 23.2 Å². The zero-order valence-corrected chi connectivity index (χ0v) is 22.8. The van der Waals surface area contributed by atoms with Crippen LogP contribution in [-0.2, 0) is 10.0 Å². The van der Waals surface area contributed by atoms with Gasteiger partial charge in [0.15, 0.2) is 0 Å². The molecule has 0 radical (unpaired) electrons. The second-order valence-electron chi connectivity index (χ2n) is 11.9. The molecule has 1 aliphatic heterocycles. The lowest BCUT2D eigenvalue weighted by Gasteiger charge is -2.45. The Morgan fingerprint density at radius 2 is 1.77 bits per heavy atom. The Morgan fingerprint density at radius 3 is 2.40 bits per heavy atom. The van der Waals surface area contributed by atoms with Gasteiger partial charge in [-0.1, -0.05) is 43.7 Å². The van der Waals surface area contributed by atoms with E-state index in [0.717, 1.165) is 37.5 Å². The Hall–Kier alpha value is -0.990. The summed E-state index contributed by atoms with van der Waals surface area (Å²) in [6.07, 6.45) is 13.1. The second-order valence-corrected chi connectivity index (χ2v) is 13.9. The number of aliphatic hydroxyl groups is 2. The van der Waals surface area contributed by atoms with E-state index in [4.69, 9.17) is 0 Å². The van der Waals surface area contributed by atoms with E-state index >= 15 is 0 Å². The van der Waals surface area contributed by atoms with Crippen molar-refractivity contribution in [2.24, 2.45) is 23.2 Å². The summed E-state index contributed by atoms with van der Waals surface area (Å²) in [6, 6.07) is 0. The zero-order valence-electron chi connectivity index (χ0n) is 22.0. The minimum Gasteiger partial charge on any atom is -0.388 e. The number of piperazine rings is 1. The SMILES string of the molecule is C=C1[C@H](O)CC(=C/C=C2\CCC[C@]3(C)[C@@H]([C@H](C)CCN4CCN(S(C)(=O)=O)CC4)CC[C@@H]23)C[C@@H]1O. The van der Waals surface area contributed by atoms with Gasteiger partial charge in [0.1, 0.15) is 0 Å². The van der Waals surface area contributed by atoms with Crippen molar-refractivity contribution in [3.05, 3.63) is 35.5 Å². The maximum Gasteiger partial charge on any atom is 0.211 e. The summed E-state index contributed by atoms with van der Waals surface area (Å²) in [5, 5.41) is 20.4. The average Bonchev–Trinajstić information content (AvgIpc) is 3.16. The maximum atomic E-state index is 11.8. The third-order valence-electron chi connectivity index (χ3n) is 9.73. The standard InChI is InChI=1S/C28H46N2O4S/c1-20(11-13-29-14-16-30(17-15-29)35(4,33)34)24-9-10-25-23(6-5-12-28(24,25)3)8-7-22-18-26(31)21(2)27(32)19-22/h7-8,20,24-27,31-32H,2,5-6,9-19H2,1,3-4H3/b22-7?,23-8+/t20-,24-,25+,26-,27+,28-/m1/s1. The number of fused-ring (bicyclic) bond motifs is 1. The number of allylic oxidation sites excluding steroid dienone is 3. The third-order valence-corrected chi connectivity index (χ3v) is 11.0. The highest BCUT2D eigenvalue weighted by molar-refractivity contribution is 7.88. The van der Waals surface area contributed by atoms with Crippen molar-refractivity contribution in [1.82, 2.24) is 9.21 Å². The fourth-order valence-electron chi connectivity index (χ4n) is 7.51. The summed E-state index contributed by atoms with van der Waals surface area (Å²) < 4.78 is 25.2. The smallest absolute Gasteiger partial charge is 0.211 e. The molecule has 2 N–H and O–H groups in total. The van der Waals surface area contributed by atoms with Gasteiger partial charge in [-0.05, 0) is 86.7 Å². The molecule has 0 unspecified atom stereocenters. The highest BCUT2D eigenvalue weighted by atomic mass is 32.2. The fraction of sp³-hybridized carbons (Fsp3) is 0.786. The summed E-state index contributed by atoms with van der Waals surface area (Å²) in [4.78, 5) is 2.44. The van der Waals surface area contributed by atoms with Crippen LogP contribution >= 0.6 is 0 Å². The first kappa shape index (κ1) is 27.1. The minimum absolute atomic E-state index is 0.344. The largest absolute Gasteiger partial charge is 0.388 e. The van der Waals surface area contributed by atoms with Gasteiger partial charge in [-0.15, -0.1) is 0 Å². The fourth-order valence-corrected chi connectivity index (χ4v) is 8.34. The van der Waals surface area contributed by atoms with Gasteiger partial charge in [0, 0.05) is 26.2 Å². The van der Waals surface area contributed by atoms with Crippen molar-refractivity contribution in [2.45, 2.75) is 77.4 Å². The molecular formula is C28H46N2O4S. The molecule has 6 atom stereocenters. The molecule has 198 valence electrons. The van der Waals surface area contributed by atoms with Gasteiger partial charge in [0.25, 0.3) is 0 Å². The second kappa shape index (κ2) is 10.8. The first-order chi connectivity index (χ1) is 16.5. The van der Waals surface area contributed by atoms with Crippen LogP contribution in [0.2, 0.25) is 0 Å². The van der Waals surface area contributed by atoms with Crippen molar-refractivity contribution in [2.75, 3.05) is 39.0 Å². The molecule has 35 heavy (non-hydrogen) atoms. The highest BCUT2D eigenvalue weighted by Gasteiger charge is 2.50. The van der Waals surface area contributed by atoms with Gasteiger partial charge >= 0.3 is 0 Å². The lowest BCUT2D eigenvalue weighted by atomic mass is 9.61. The maximum absolute atomic E-state index is 11.8. The van der Waals surface area contributed by atoms with Crippen molar-refractivity contribution in [3.63, 3.8) is 0 Å². The van der Waals surface area contributed by atoms with Crippen molar-refractivity contribution < 1.29 is 18.6 Å². The first-order valence-electron chi connectivity index (χ1n) is 13.6. The van der Waals surface area contributed by atoms with E-state index < -0.39 is 22.2 Å². The van der Waals surface area contributed by atoms with Gasteiger partial charge in [0.2, 0.25) is 10.0 Å². The monoisotopic (exact) mass is 506 g/mol. The molecule has 0 aromatic heterocycles. The molecule has 0 aromatic carbocycles. The molecule has 6 nitrogen and oxygen atoms in total. The topological polar surface area (TPSA) is 81.1 Å². The van der Waals surface area contributed by atoms with Crippen molar-refractivity contribution >= 4 is 10.0 Å². The van der Waals surface area contributed by atoms with Gasteiger partial charge in [-0.2, -0.15) is 4.31 Å². The van der Waals surface area contributed by atoms with E-state index in [9.17, 15) is 18.6 Å². The third kappa shape index (κ3) is 5.96. The Bertz CT molecular complexity index is 934. The van der Waals surface area contributed by atoms with Gasteiger partial charge in [-0.3, -0.25) is 0 Å². The number of aliphatic hydroxyl groups excluding tert-OH is 2. The lowest BCUT2D eigenvalue weighted by molar-refractivity contribution is 0.0853. The number of rotatable bonds is 6. The molecule has 0 bridgehead atoms. The van der Waals surface area contributed by atoms with E-state index in [0.29, 0.717) is 48.8 Å². The minimum atomic E-state index is -3.07. The van der Waals surface area contributed by atoms with E-state index in [1.807, 2.05) is 0 Å². The van der Waals surface area contributed by atoms with Crippen LogP contribution in [0.5, 0.6) is 0 Å². The van der Waals surface area contributed by atoms with Crippen molar-refractivity contribution in [1.29, 1.82) is 0 Å². The first-order valence-corrected chi connectivity index (χ1v) is 15.4. The Labute approximate surface area is 212 Å². The highest BCUT2D eigenvalue weighted by Crippen LogP contribution is 2.59. The Kier molecular flexibility index (Phi) is 8.33. The van der Waals surface area contributed by atoms with Crippen LogP contribution in [0.25, 0.3) is 0 Å². The number of hydrogen-bond donors (Lipinski definition) is 2. The molecule has 0 amide bonds. The lowest BCUT2D eigenvalue weighted by Crippen LogP contribution is -2.48. The molecule has 4 aliphatic rings. The predicted molar refractivity (Wildman–Crippen MR) is 141 cm³/mol. The number of hydrogen-bond acceptors (Lipinski definition) is 5. The zero-order chi connectivity index (χ0) is 25.4. The molecule has 1 saturated heterocycles. The molecular weight excluding hydrogens is 460 g/mol. The molecule has 0 aromatic rings. The Morgan fingerprint density at radius 1 is 1.11 bits per heavy atom. The summed E-state index contributed by atoms with van der Waals surface area (Å²) in [6.45, 7) is 12.7. The average molecular weight is 507 g/mol. The van der Waals surface area contributed by atoms with Crippen LogP contribution in [0.15, 0.2) is 35.5 Å². The summed E-state index contributed by atoms with van der Waals surface area (Å²) in [5.41, 5.74) is 3.57. The number of nitrogens with zero attached hydrogens (tertiary/aromatic N) is 2. The summed E-state index contributed by atoms with van der Waals surface area (Å²) >= 11 is 0. The van der Waals surface area contributed by atoms with Gasteiger partial charge in [-0.25, -0.2) is 8.42 Å². The normalized spacial score (nSPS) is 38.7. The molecule has 3 aliphatic carbocycles. The van der Waals surface area contributed by atoms with Crippen LogP contribution in [-0.4, -0.2) is 79.0 Å². The molecule has 4 fully saturated rings. The van der Waals surface area contributed by atoms with Crippen LogP contribution in [0.3, 0.4) is 0 Å². The Balaban J connectivity index is 1.35. The van der Waals surface area contributed by atoms with Crippen LogP contribution < -0.4 is 0 Å². The summed E-state index contributed by atoms with van der Waals surface area (Å²) in [7, 11) is -3.07. The molecule has 0 spiro atoms. The van der Waals surface area contributed by atoms with Gasteiger partial charge in [0.05, 0.1) is 18.5 Å². The summed E-state index contributed by atoms with van der Waals surface area (Å²) in [5.74, 6) is 2.01. The molecule has 3 saturated carbocycles. The van der Waals surface area contributed by atoms with E-state index in [1.165, 1.54) is 38.4 Å². The quantitative estimate of drug-likeness (QED) is 0.537. The molecule has 4 rings (SSSR count). The number of sulfonamides is 1. The molecule has 7 heteroatoms. The van der Waals surface area contributed by atoms with E-state index in [1.54, 1.807) is 9.88 Å². The predicted octanol–water partition coefficient (Wildman–Crippen LogP) is 3.73.